The zero-order chi connectivity index (χ0) is 15.6. The van der Waals surface area contributed by atoms with Crippen LogP contribution in [0.2, 0.25) is 0 Å². The van der Waals surface area contributed by atoms with Gasteiger partial charge in [-0.1, -0.05) is 0 Å². The fraction of sp³-hybridized carbons (Fsp3) is 0.312. The summed E-state index contributed by atoms with van der Waals surface area (Å²) in [6, 6.07) is 5.51. The second-order valence-corrected chi connectivity index (χ2v) is 4.98. The van der Waals surface area contributed by atoms with Crippen LogP contribution >= 0.6 is 0 Å². The van der Waals surface area contributed by atoms with Crippen LogP contribution in [0.1, 0.15) is 16.9 Å². The summed E-state index contributed by atoms with van der Waals surface area (Å²) in [5.41, 5.74) is 12.7. The molecule has 0 fully saturated rings. The lowest BCUT2D eigenvalue weighted by atomic mass is 10.1. The molecule has 0 saturated carbocycles. The molecule has 0 atom stereocenters. The SMILES string of the molecule is Cc1cc2cc3c(C)cc(=O)oc3c(C)c2o1.NCCN. The van der Waals surface area contributed by atoms with Gasteiger partial charge < -0.3 is 20.3 Å². The van der Waals surface area contributed by atoms with Gasteiger partial charge in [0, 0.05) is 35.5 Å². The molecule has 0 aliphatic carbocycles. The first-order chi connectivity index (χ1) is 9.97. The molecule has 2 heterocycles. The second-order valence-electron chi connectivity index (χ2n) is 4.98. The lowest BCUT2D eigenvalue weighted by molar-refractivity contribution is 0.551. The highest BCUT2D eigenvalue weighted by Crippen LogP contribution is 2.30. The molecule has 0 radical (unpaired) electrons. The van der Waals surface area contributed by atoms with Crippen LogP contribution in [-0.2, 0) is 0 Å². The summed E-state index contributed by atoms with van der Waals surface area (Å²) in [5, 5.41) is 2.01. The van der Waals surface area contributed by atoms with Crippen molar-refractivity contribution in [2.45, 2.75) is 20.8 Å². The third-order valence-corrected chi connectivity index (χ3v) is 3.24. The molecule has 5 nitrogen and oxygen atoms in total. The molecule has 0 amide bonds. The van der Waals surface area contributed by atoms with E-state index in [4.69, 9.17) is 20.3 Å². The largest absolute Gasteiger partial charge is 0.461 e. The molecule has 3 rings (SSSR count). The molecule has 2 aromatic heterocycles. The van der Waals surface area contributed by atoms with E-state index in [0.29, 0.717) is 18.7 Å². The van der Waals surface area contributed by atoms with Gasteiger partial charge in [-0.15, -0.1) is 0 Å². The number of nitrogens with two attached hydrogens (primary N) is 2. The zero-order valence-corrected chi connectivity index (χ0v) is 12.5. The molecular weight excluding hydrogens is 268 g/mol. The first-order valence-corrected chi connectivity index (χ1v) is 6.82. The van der Waals surface area contributed by atoms with E-state index in [1.165, 1.54) is 6.07 Å². The molecule has 21 heavy (non-hydrogen) atoms. The fourth-order valence-electron chi connectivity index (χ4n) is 2.27. The summed E-state index contributed by atoms with van der Waals surface area (Å²) < 4.78 is 10.9. The first kappa shape index (κ1) is 15.3. The van der Waals surface area contributed by atoms with E-state index in [0.717, 1.165) is 33.2 Å². The van der Waals surface area contributed by atoms with Crippen LogP contribution in [0, 0.1) is 20.8 Å². The van der Waals surface area contributed by atoms with E-state index >= 15 is 0 Å². The number of aryl methyl sites for hydroxylation is 3. The van der Waals surface area contributed by atoms with Crippen molar-refractivity contribution in [1.29, 1.82) is 0 Å². The van der Waals surface area contributed by atoms with Gasteiger partial charge >= 0.3 is 5.63 Å². The van der Waals surface area contributed by atoms with Crippen molar-refractivity contribution in [1.82, 2.24) is 0 Å². The van der Waals surface area contributed by atoms with Crippen LogP contribution in [0.15, 0.2) is 31.8 Å². The molecule has 0 spiro atoms. The Morgan fingerprint density at radius 2 is 1.62 bits per heavy atom. The maximum atomic E-state index is 11.4. The summed E-state index contributed by atoms with van der Waals surface area (Å²) in [7, 11) is 0. The van der Waals surface area contributed by atoms with Crippen molar-refractivity contribution in [2.75, 3.05) is 13.1 Å². The number of rotatable bonds is 1. The van der Waals surface area contributed by atoms with Gasteiger partial charge in [0.1, 0.15) is 16.9 Å². The summed E-state index contributed by atoms with van der Waals surface area (Å²) in [6.07, 6.45) is 0. The maximum absolute atomic E-state index is 11.4. The zero-order valence-electron chi connectivity index (χ0n) is 12.5. The smallest absolute Gasteiger partial charge is 0.336 e. The molecule has 112 valence electrons. The van der Waals surface area contributed by atoms with Crippen LogP contribution < -0.4 is 17.1 Å². The van der Waals surface area contributed by atoms with Crippen molar-refractivity contribution in [2.24, 2.45) is 11.5 Å². The van der Waals surface area contributed by atoms with Gasteiger partial charge in [0.2, 0.25) is 0 Å². The van der Waals surface area contributed by atoms with Crippen molar-refractivity contribution in [3.05, 3.63) is 45.5 Å². The predicted molar refractivity (Wildman–Crippen MR) is 84.6 cm³/mol. The van der Waals surface area contributed by atoms with Crippen LogP contribution in [-0.4, -0.2) is 13.1 Å². The molecular formula is C16H20N2O3. The lowest BCUT2D eigenvalue weighted by Crippen LogP contribution is -2.11. The van der Waals surface area contributed by atoms with Gasteiger partial charge in [-0.2, -0.15) is 0 Å². The van der Waals surface area contributed by atoms with Gasteiger partial charge in [-0.05, 0) is 38.5 Å². The standard InChI is InChI=1S/C14H12O3.C2H8N2/c1-7-4-12(15)17-14-9(3)13-10(6-11(7)14)5-8(2)16-13;3-1-2-4/h4-6H,1-3H3;1-4H2. The second kappa shape index (κ2) is 6.11. The topological polar surface area (TPSA) is 95.4 Å². The molecule has 4 N–H and O–H groups in total. The predicted octanol–water partition coefficient (Wildman–Crippen LogP) is 2.37. The number of fused-ring (bicyclic) bond motifs is 2. The molecule has 0 aliphatic heterocycles. The molecule has 1 aromatic carbocycles. The van der Waals surface area contributed by atoms with Crippen molar-refractivity contribution in [3.8, 4) is 0 Å². The Kier molecular flexibility index (Phi) is 4.45. The summed E-state index contributed by atoms with van der Waals surface area (Å²) >= 11 is 0. The van der Waals surface area contributed by atoms with Gasteiger partial charge in [0.05, 0.1) is 0 Å². The maximum Gasteiger partial charge on any atom is 0.336 e. The first-order valence-electron chi connectivity index (χ1n) is 6.82. The van der Waals surface area contributed by atoms with E-state index in [1.54, 1.807) is 0 Å². The highest BCUT2D eigenvalue weighted by atomic mass is 16.4. The Balaban J connectivity index is 0.000000361. The monoisotopic (exact) mass is 288 g/mol. The lowest BCUT2D eigenvalue weighted by Gasteiger charge is -2.03. The highest BCUT2D eigenvalue weighted by molar-refractivity contribution is 5.98. The van der Waals surface area contributed by atoms with E-state index in [2.05, 4.69) is 0 Å². The Labute approximate surface area is 122 Å². The number of hydrogen-bond acceptors (Lipinski definition) is 5. The van der Waals surface area contributed by atoms with E-state index < -0.39 is 0 Å². The molecule has 0 saturated heterocycles. The van der Waals surface area contributed by atoms with Crippen molar-refractivity contribution < 1.29 is 8.83 Å². The number of hydrogen-bond donors (Lipinski definition) is 2. The van der Waals surface area contributed by atoms with Crippen molar-refractivity contribution in [3.63, 3.8) is 0 Å². The Morgan fingerprint density at radius 1 is 0.952 bits per heavy atom. The molecule has 0 unspecified atom stereocenters. The van der Waals surface area contributed by atoms with Gasteiger partial charge in [-0.25, -0.2) is 4.79 Å². The Hall–Kier alpha value is -2.11. The van der Waals surface area contributed by atoms with E-state index in [-0.39, 0.29) is 5.63 Å². The quantitative estimate of drug-likeness (QED) is 0.670. The third-order valence-electron chi connectivity index (χ3n) is 3.24. The van der Waals surface area contributed by atoms with Gasteiger partial charge in [-0.3, -0.25) is 0 Å². The molecule has 3 aromatic rings. The minimum atomic E-state index is -0.319. The minimum absolute atomic E-state index is 0.319. The Bertz CT molecular complexity index is 829. The number of benzene rings is 1. The van der Waals surface area contributed by atoms with Gasteiger partial charge in [0.15, 0.2) is 0 Å². The van der Waals surface area contributed by atoms with Crippen LogP contribution in [0.25, 0.3) is 21.9 Å². The average molecular weight is 288 g/mol. The minimum Gasteiger partial charge on any atom is -0.461 e. The normalized spacial score (nSPS) is 10.7. The van der Waals surface area contributed by atoms with Crippen LogP contribution in [0.5, 0.6) is 0 Å². The van der Waals surface area contributed by atoms with E-state index in [1.807, 2.05) is 32.9 Å². The van der Waals surface area contributed by atoms with Crippen LogP contribution in [0.4, 0.5) is 0 Å². The molecule has 0 aliphatic rings. The van der Waals surface area contributed by atoms with E-state index in [9.17, 15) is 4.79 Å². The fourth-order valence-corrected chi connectivity index (χ4v) is 2.27. The average Bonchev–Trinajstić information content (AvgIpc) is 2.82. The number of furan rings is 1. The van der Waals surface area contributed by atoms with Gasteiger partial charge in [0.25, 0.3) is 0 Å². The van der Waals surface area contributed by atoms with Crippen LogP contribution in [0.3, 0.4) is 0 Å². The summed E-state index contributed by atoms with van der Waals surface area (Å²) in [4.78, 5) is 11.4. The van der Waals surface area contributed by atoms with Crippen molar-refractivity contribution >= 4 is 21.9 Å². The third kappa shape index (κ3) is 2.99. The summed E-state index contributed by atoms with van der Waals surface area (Å²) in [5.74, 6) is 0.860. The molecule has 5 heteroatoms. The summed E-state index contributed by atoms with van der Waals surface area (Å²) in [6.45, 7) is 6.93. The molecule has 0 bridgehead atoms. The highest BCUT2D eigenvalue weighted by Gasteiger charge is 2.12. The Morgan fingerprint density at radius 3 is 2.24 bits per heavy atom.